The number of rotatable bonds is 7. The van der Waals surface area contributed by atoms with Crippen LogP contribution in [0.25, 0.3) is 0 Å². The summed E-state index contributed by atoms with van der Waals surface area (Å²) in [5.74, 6) is 0.655. The Hall–Kier alpha value is -3.04. The van der Waals surface area contributed by atoms with Gasteiger partial charge in [0.05, 0.1) is 35.0 Å². The first kappa shape index (κ1) is 23.1. The van der Waals surface area contributed by atoms with Crippen LogP contribution in [0.4, 0.5) is 5.69 Å². The summed E-state index contributed by atoms with van der Waals surface area (Å²) in [6, 6.07) is 26.7. The highest BCUT2D eigenvalue weighted by Crippen LogP contribution is 2.38. The van der Waals surface area contributed by atoms with E-state index in [9.17, 15) is 0 Å². The SMILES string of the molecule is C[C@H](c1ccc(C#N)cc1)N1CCN(c2ccc(OCCO)cc2Cl)[C@H](c2ccccc2)C1. The summed E-state index contributed by atoms with van der Waals surface area (Å²) in [6.45, 7) is 5.01. The van der Waals surface area contributed by atoms with Crippen molar-refractivity contribution in [1.29, 1.82) is 5.26 Å². The normalized spacial score (nSPS) is 17.4. The third kappa shape index (κ3) is 5.31. The van der Waals surface area contributed by atoms with Gasteiger partial charge in [0.2, 0.25) is 0 Å². The van der Waals surface area contributed by atoms with E-state index in [4.69, 9.17) is 26.7 Å². The lowest BCUT2D eigenvalue weighted by Gasteiger charge is -2.45. The Labute approximate surface area is 200 Å². The smallest absolute Gasteiger partial charge is 0.121 e. The number of aliphatic hydroxyl groups is 1. The number of halogens is 1. The average molecular weight is 462 g/mol. The third-order valence-electron chi connectivity index (χ3n) is 6.25. The molecule has 6 heteroatoms. The van der Waals surface area contributed by atoms with Crippen molar-refractivity contribution < 1.29 is 9.84 Å². The molecule has 3 aromatic rings. The molecule has 0 aromatic heterocycles. The highest BCUT2D eigenvalue weighted by molar-refractivity contribution is 6.33. The largest absolute Gasteiger partial charge is 0.491 e. The summed E-state index contributed by atoms with van der Waals surface area (Å²) in [5.41, 5.74) is 4.11. The van der Waals surface area contributed by atoms with E-state index in [1.54, 1.807) is 0 Å². The molecule has 0 saturated carbocycles. The van der Waals surface area contributed by atoms with E-state index in [0.29, 0.717) is 16.3 Å². The number of hydrogen-bond acceptors (Lipinski definition) is 5. The van der Waals surface area contributed by atoms with E-state index in [2.05, 4.69) is 59.2 Å². The fourth-order valence-corrected chi connectivity index (χ4v) is 4.70. The summed E-state index contributed by atoms with van der Waals surface area (Å²) in [5, 5.41) is 18.7. The van der Waals surface area contributed by atoms with Crippen molar-refractivity contribution in [3.05, 3.63) is 94.5 Å². The lowest BCUT2D eigenvalue weighted by atomic mass is 9.98. The van der Waals surface area contributed by atoms with Gasteiger partial charge in [0.1, 0.15) is 12.4 Å². The van der Waals surface area contributed by atoms with Gasteiger partial charge in [-0.25, -0.2) is 0 Å². The van der Waals surface area contributed by atoms with Crippen molar-refractivity contribution in [3.8, 4) is 11.8 Å². The Kier molecular flexibility index (Phi) is 7.51. The molecule has 0 spiro atoms. The Balaban J connectivity index is 1.60. The third-order valence-corrected chi connectivity index (χ3v) is 6.56. The Bertz CT molecular complexity index is 1100. The lowest BCUT2D eigenvalue weighted by Crippen LogP contribution is -2.49. The molecule has 1 N–H and O–H groups in total. The summed E-state index contributed by atoms with van der Waals surface area (Å²) < 4.78 is 5.52. The number of piperazine rings is 1. The van der Waals surface area contributed by atoms with Gasteiger partial charge >= 0.3 is 0 Å². The van der Waals surface area contributed by atoms with Crippen molar-refractivity contribution in [2.24, 2.45) is 0 Å². The number of nitriles is 1. The van der Waals surface area contributed by atoms with Gasteiger partial charge in [0.25, 0.3) is 0 Å². The molecule has 0 radical (unpaired) electrons. The zero-order chi connectivity index (χ0) is 23.2. The fourth-order valence-electron chi connectivity index (χ4n) is 4.43. The first-order valence-electron chi connectivity index (χ1n) is 11.2. The molecule has 1 aliphatic rings. The van der Waals surface area contributed by atoms with Crippen molar-refractivity contribution in [1.82, 2.24) is 4.90 Å². The summed E-state index contributed by atoms with van der Waals surface area (Å²) >= 11 is 6.69. The van der Waals surface area contributed by atoms with Crippen molar-refractivity contribution >= 4 is 17.3 Å². The molecule has 0 amide bonds. The molecule has 5 nitrogen and oxygen atoms in total. The molecule has 33 heavy (non-hydrogen) atoms. The minimum Gasteiger partial charge on any atom is -0.491 e. The summed E-state index contributed by atoms with van der Waals surface area (Å²) in [6.07, 6.45) is 0. The molecule has 2 atom stereocenters. The Morgan fingerprint density at radius 1 is 1.09 bits per heavy atom. The topological polar surface area (TPSA) is 59.7 Å². The maximum atomic E-state index is 9.10. The van der Waals surface area contributed by atoms with Crippen LogP contribution in [0.5, 0.6) is 5.75 Å². The van der Waals surface area contributed by atoms with Crippen LogP contribution in [0.1, 0.15) is 35.7 Å². The predicted octanol–water partition coefficient (Wildman–Crippen LogP) is 5.21. The first-order valence-corrected chi connectivity index (χ1v) is 11.6. The molecule has 4 rings (SSSR count). The van der Waals surface area contributed by atoms with Gasteiger partial charge in [0, 0.05) is 31.7 Å². The molecule has 0 unspecified atom stereocenters. The first-order chi connectivity index (χ1) is 16.1. The average Bonchev–Trinajstić information content (AvgIpc) is 2.87. The number of nitrogens with zero attached hydrogens (tertiary/aromatic N) is 3. The van der Waals surface area contributed by atoms with Crippen LogP contribution in [-0.2, 0) is 0 Å². The maximum absolute atomic E-state index is 9.10. The van der Waals surface area contributed by atoms with Gasteiger partial charge in [-0.15, -0.1) is 0 Å². The summed E-state index contributed by atoms with van der Waals surface area (Å²) in [7, 11) is 0. The number of benzene rings is 3. The molecule has 1 saturated heterocycles. The van der Waals surface area contributed by atoms with Crippen LogP contribution < -0.4 is 9.64 Å². The minimum absolute atomic E-state index is 0.0329. The van der Waals surface area contributed by atoms with Crippen molar-refractivity contribution in [2.45, 2.75) is 19.0 Å². The lowest BCUT2D eigenvalue weighted by molar-refractivity contribution is 0.171. The monoisotopic (exact) mass is 461 g/mol. The van der Waals surface area contributed by atoms with Crippen LogP contribution in [0, 0.1) is 11.3 Å². The zero-order valence-corrected chi connectivity index (χ0v) is 19.4. The minimum atomic E-state index is -0.0329. The molecular formula is C27H28ClN3O2. The second kappa shape index (κ2) is 10.7. The zero-order valence-electron chi connectivity index (χ0n) is 18.7. The van der Waals surface area contributed by atoms with E-state index in [1.165, 1.54) is 11.1 Å². The molecule has 1 heterocycles. The molecule has 3 aromatic carbocycles. The predicted molar refractivity (Wildman–Crippen MR) is 132 cm³/mol. The molecule has 1 fully saturated rings. The molecule has 170 valence electrons. The Morgan fingerprint density at radius 2 is 1.85 bits per heavy atom. The number of ether oxygens (including phenoxy) is 1. The van der Waals surface area contributed by atoms with Gasteiger partial charge in [-0.1, -0.05) is 54.1 Å². The van der Waals surface area contributed by atoms with E-state index in [0.717, 1.165) is 25.3 Å². The quantitative estimate of drug-likeness (QED) is 0.523. The van der Waals surface area contributed by atoms with E-state index < -0.39 is 0 Å². The van der Waals surface area contributed by atoms with Crippen LogP contribution in [-0.4, -0.2) is 42.9 Å². The van der Waals surface area contributed by atoms with Gasteiger partial charge in [0.15, 0.2) is 0 Å². The van der Waals surface area contributed by atoms with E-state index in [1.807, 2.05) is 36.4 Å². The van der Waals surface area contributed by atoms with Crippen molar-refractivity contribution in [2.75, 3.05) is 37.7 Å². The maximum Gasteiger partial charge on any atom is 0.121 e. The van der Waals surface area contributed by atoms with Crippen molar-refractivity contribution in [3.63, 3.8) is 0 Å². The van der Waals surface area contributed by atoms with Crippen LogP contribution in [0.3, 0.4) is 0 Å². The van der Waals surface area contributed by atoms with E-state index in [-0.39, 0.29) is 25.3 Å². The van der Waals surface area contributed by atoms with Gasteiger partial charge < -0.3 is 14.7 Å². The van der Waals surface area contributed by atoms with Gasteiger partial charge in [-0.2, -0.15) is 5.26 Å². The van der Waals surface area contributed by atoms with Gasteiger partial charge in [-0.05, 0) is 42.3 Å². The number of hydrogen-bond donors (Lipinski definition) is 1. The molecule has 1 aliphatic heterocycles. The van der Waals surface area contributed by atoms with Gasteiger partial charge in [-0.3, -0.25) is 4.90 Å². The number of aliphatic hydroxyl groups excluding tert-OH is 1. The van der Waals surface area contributed by atoms with E-state index >= 15 is 0 Å². The molecule has 0 bridgehead atoms. The van der Waals surface area contributed by atoms with Crippen LogP contribution in [0.2, 0.25) is 5.02 Å². The molecular weight excluding hydrogens is 434 g/mol. The number of anilines is 1. The molecule has 0 aliphatic carbocycles. The highest BCUT2D eigenvalue weighted by Gasteiger charge is 2.32. The van der Waals surface area contributed by atoms with Crippen LogP contribution >= 0.6 is 11.6 Å². The Morgan fingerprint density at radius 3 is 2.52 bits per heavy atom. The highest BCUT2D eigenvalue weighted by atomic mass is 35.5. The standard InChI is InChI=1S/C27H28ClN3O2/c1-20(22-9-7-21(18-29)8-10-22)30-13-14-31(27(19-30)23-5-3-2-4-6-23)26-12-11-24(17-25(26)28)33-16-15-32/h2-12,17,20,27,32H,13-16,19H2,1H3/t20-,27+/m1/s1. The summed E-state index contributed by atoms with van der Waals surface area (Å²) in [4.78, 5) is 4.86. The van der Waals surface area contributed by atoms with Crippen LogP contribution in [0.15, 0.2) is 72.8 Å². The second-order valence-corrected chi connectivity index (χ2v) is 8.62. The second-order valence-electron chi connectivity index (χ2n) is 8.21. The fraction of sp³-hybridized carbons (Fsp3) is 0.296.